The molecule has 1 saturated heterocycles. The summed E-state index contributed by atoms with van der Waals surface area (Å²) < 4.78 is 40.1. The molecule has 27 heavy (non-hydrogen) atoms. The molecule has 0 atom stereocenters. The topological polar surface area (TPSA) is 69.7 Å². The summed E-state index contributed by atoms with van der Waals surface area (Å²) >= 11 is 0. The van der Waals surface area contributed by atoms with Crippen LogP contribution >= 0.6 is 0 Å². The second kappa shape index (κ2) is 7.39. The van der Waals surface area contributed by atoms with Crippen molar-refractivity contribution in [3.8, 4) is 0 Å². The van der Waals surface area contributed by atoms with Crippen molar-refractivity contribution in [2.75, 3.05) is 26.2 Å². The standard InChI is InChI=1S/C19H26FN3O3S/c20-16-6-8-17(9-7-16)27(25,26)23-11-1-10-22(12-13-23)19(24)21-18(14-2-3-14)15-4-5-15/h6-9,14-15,18H,1-5,10-13H2,(H,21,24). The van der Waals surface area contributed by atoms with Gasteiger partial charge in [-0.3, -0.25) is 0 Å². The Labute approximate surface area is 159 Å². The van der Waals surface area contributed by atoms with Crippen molar-refractivity contribution in [1.82, 2.24) is 14.5 Å². The molecule has 0 spiro atoms. The van der Waals surface area contributed by atoms with Crippen molar-refractivity contribution in [2.24, 2.45) is 11.8 Å². The monoisotopic (exact) mass is 395 g/mol. The van der Waals surface area contributed by atoms with Crippen LogP contribution in [-0.4, -0.2) is 55.9 Å². The number of rotatable bonds is 5. The molecule has 6 nitrogen and oxygen atoms in total. The first-order valence-electron chi connectivity index (χ1n) is 9.76. The molecule has 3 fully saturated rings. The smallest absolute Gasteiger partial charge is 0.317 e. The van der Waals surface area contributed by atoms with Crippen molar-refractivity contribution in [3.63, 3.8) is 0 Å². The highest BCUT2D eigenvalue weighted by Gasteiger charge is 2.42. The van der Waals surface area contributed by atoms with Crippen molar-refractivity contribution in [2.45, 2.75) is 43.0 Å². The average molecular weight is 396 g/mol. The number of benzene rings is 1. The predicted molar refractivity (Wildman–Crippen MR) is 99.1 cm³/mol. The number of urea groups is 1. The lowest BCUT2D eigenvalue weighted by Crippen LogP contribution is -2.47. The summed E-state index contributed by atoms with van der Waals surface area (Å²) in [5.41, 5.74) is 0. The minimum Gasteiger partial charge on any atom is -0.335 e. The van der Waals surface area contributed by atoms with E-state index in [1.807, 2.05) is 0 Å². The average Bonchev–Trinajstić information content (AvgIpc) is 3.52. The summed E-state index contributed by atoms with van der Waals surface area (Å²) in [5, 5.41) is 3.21. The number of amides is 2. The van der Waals surface area contributed by atoms with Crippen LogP contribution < -0.4 is 5.32 Å². The summed E-state index contributed by atoms with van der Waals surface area (Å²) in [6.07, 6.45) is 5.39. The third-order valence-corrected chi connectivity index (χ3v) is 7.66. The third kappa shape index (κ3) is 4.27. The number of carbonyl (C=O) groups is 1. The quantitative estimate of drug-likeness (QED) is 0.832. The normalized spacial score (nSPS) is 21.9. The molecule has 3 aliphatic rings. The lowest BCUT2D eigenvalue weighted by molar-refractivity contribution is 0.192. The van der Waals surface area contributed by atoms with Crippen molar-refractivity contribution >= 4 is 16.1 Å². The molecule has 0 unspecified atom stereocenters. The van der Waals surface area contributed by atoms with E-state index in [1.54, 1.807) is 4.90 Å². The number of hydrogen-bond acceptors (Lipinski definition) is 3. The van der Waals surface area contributed by atoms with Gasteiger partial charge in [0.15, 0.2) is 0 Å². The molecule has 1 aromatic carbocycles. The molecule has 148 valence electrons. The Morgan fingerprint density at radius 2 is 1.63 bits per heavy atom. The summed E-state index contributed by atoms with van der Waals surface area (Å²) in [6, 6.07) is 5.10. The first-order valence-corrected chi connectivity index (χ1v) is 11.2. The molecule has 4 rings (SSSR count). The van der Waals surface area contributed by atoms with Gasteiger partial charge in [0.2, 0.25) is 10.0 Å². The lowest BCUT2D eigenvalue weighted by Gasteiger charge is -2.26. The Balaban J connectivity index is 1.38. The fourth-order valence-corrected chi connectivity index (χ4v) is 5.33. The highest BCUT2D eigenvalue weighted by molar-refractivity contribution is 7.89. The molecule has 8 heteroatoms. The Morgan fingerprint density at radius 3 is 2.22 bits per heavy atom. The van der Waals surface area contributed by atoms with Crippen molar-refractivity contribution in [3.05, 3.63) is 30.1 Å². The summed E-state index contributed by atoms with van der Waals surface area (Å²) in [6.45, 7) is 1.53. The van der Waals surface area contributed by atoms with E-state index in [9.17, 15) is 17.6 Å². The van der Waals surface area contributed by atoms with E-state index in [4.69, 9.17) is 0 Å². The fraction of sp³-hybridized carbons (Fsp3) is 0.632. The van der Waals surface area contributed by atoms with E-state index < -0.39 is 15.8 Å². The van der Waals surface area contributed by atoms with Crippen LogP contribution in [0.25, 0.3) is 0 Å². The third-order valence-electron chi connectivity index (χ3n) is 5.74. The minimum absolute atomic E-state index is 0.0696. The number of nitrogens with one attached hydrogen (secondary N) is 1. The summed E-state index contributed by atoms with van der Waals surface area (Å²) in [4.78, 5) is 14.5. The second-order valence-electron chi connectivity index (χ2n) is 7.85. The van der Waals surface area contributed by atoms with Crippen LogP contribution in [0.5, 0.6) is 0 Å². The predicted octanol–water partition coefficient (Wildman–Crippen LogP) is 2.42. The highest BCUT2D eigenvalue weighted by atomic mass is 32.2. The lowest BCUT2D eigenvalue weighted by atomic mass is 10.1. The maximum atomic E-state index is 13.1. The largest absolute Gasteiger partial charge is 0.335 e. The fourth-order valence-electron chi connectivity index (χ4n) is 3.86. The van der Waals surface area contributed by atoms with Gasteiger partial charge in [0.05, 0.1) is 4.90 Å². The molecular weight excluding hydrogens is 369 g/mol. The van der Waals surface area contributed by atoms with E-state index in [2.05, 4.69) is 5.32 Å². The Bertz CT molecular complexity index is 779. The van der Waals surface area contributed by atoms with Crippen molar-refractivity contribution in [1.29, 1.82) is 0 Å². The van der Waals surface area contributed by atoms with E-state index >= 15 is 0 Å². The van der Waals surface area contributed by atoms with Crippen LogP contribution in [0, 0.1) is 17.7 Å². The molecule has 0 aromatic heterocycles. The van der Waals surface area contributed by atoms with Gasteiger partial charge in [-0.2, -0.15) is 4.31 Å². The summed E-state index contributed by atoms with van der Waals surface area (Å²) in [5.74, 6) is 0.793. The zero-order valence-electron chi connectivity index (χ0n) is 15.3. The molecular formula is C19H26FN3O3S. The molecule has 1 aromatic rings. The Kier molecular flexibility index (Phi) is 5.11. The SMILES string of the molecule is O=C(NC(C1CC1)C1CC1)N1CCCN(S(=O)(=O)c2ccc(F)cc2)CC1. The molecule has 0 radical (unpaired) electrons. The van der Waals surface area contributed by atoms with Crippen LogP contribution in [0.15, 0.2) is 29.2 Å². The van der Waals surface area contributed by atoms with Gasteiger partial charge in [0, 0.05) is 32.2 Å². The minimum atomic E-state index is -3.67. The van der Waals surface area contributed by atoms with Gasteiger partial charge in [0.25, 0.3) is 0 Å². The molecule has 1 N–H and O–H groups in total. The zero-order chi connectivity index (χ0) is 19.0. The van der Waals surface area contributed by atoms with E-state index in [0.717, 1.165) is 12.1 Å². The van der Waals surface area contributed by atoms with E-state index in [1.165, 1.54) is 42.1 Å². The van der Waals surface area contributed by atoms with Crippen LogP contribution in [-0.2, 0) is 10.0 Å². The van der Waals surface area contributed by atoms with Crippen LogP contribution in [0.2, 0.25) is 0 Å². The van der Waals surface area contributed by atoms with E-state index in [0.29, 0.717) is 43.9 Å². The summed E-state index contributed by atoms with van der Waals surface area (Å²) in [7, 11) is -3.67. The number of nitrogens with zero attached hydrogens (tertiary/aromatic N) is 2. The van der Waals surface area contributed by atoms with Gasteiger partial charge in [-0.05, 0) is 68.2 Å². The molecule has 2 saturated carbocycles. The number of halogens is 1. The molecule has 2 amide bonds. The molecule has 1 heterocycles. The Hall–Kier alpha value is -1.67. The van der Waals surface area contributed by atoms with Crippen LogP contribution in [0.4, 0.5) is 9.18 Å². The van der Waals surface area contributed by atoms with E-state index in [-0.39, 0.29) is 17.5 Å². The molecule has 2 aliphatic carbocycles. The molecule has 0 bridgehead atoms. The van der Waals surface area contributed by atoms with Crippen LogP contribution in [0.1, 0.15) is 32.1 Å². The zero-order valence-corrected chi connectivity index (χ0v) is 16.1. The first kappa shape index (κ1) is 18.7. The second-order valence-corrected chi connectivity index (χ2v) is 9.79. The number of carbonyl (C=O) groups excluding carboxylic acids is 1. The molecule has 1 aliphatic heterocycles. The first-order chi connectivity index (χ1) is 12.9. The van der Waals surface area contributed by atoms with Gasteiger partial charge < -0.3 is 10.2 Å². The van der Waals surface area contributed by atoms with Gasteiger partial charge in [-0.1, -0.05) is 0 Å². The van der Waals surface area contributed by atoms with Crippen LogP contribution in [0.3, 0.4) is 0 Å². The van der Waals surface area contributed by atoms with Gasteiger partial charge in [0.1, 0.15) is 5.82 Å². The van der Waals surface area contributed by atoms with Gasteiger partial charge >= 0.3 is 6.03 Å². The van der Waals surface area contributed by atoms with Gasteiger partial charge in [-0.25, -0.2) is 17.6 Å². The van der Waals surface area contributed by atoms with Crippen molar-refractivity contribution < 1.29 is 17.6 Å². The Morgan fingerprint density at radius 1 is 1.00 bits per heavy atom. The maximum Gasteiger partial charge on any atom is 0.317 e. The highest BCUT2D eigenvalue weighted by Crippen LogP contribution is 2.44. The van der Waals surface area contributed by atoms with Gasteiger partial charge in [-0.15, -0.1) is 0 Å². The number of hydrogen-bond donors (Lipinski definition) is 1. The number of sulfonamides is 1. The maximum absolute atomic E-state index is 13.1.